The van der Waals surface area contributed by atoms with Crippen LogP contribution in [0, 0.1) is 17.8 Å². The van der Waals surface area contributed by atoms with Crippen molar-refractivity contribution in [1.82, 2.24) is 0 Å². The Bertz CT molecular complexity index is 842. The van der Waals surface area contributed by atoms with Gasteiger partial charge in [0.2, 0.25) is 0 Å². The Labute approximate surface area is 208 Å². The van der Waals surface area contributed by atoms with Crippen LogP contribution in [0.15, 0.2) is 48.1 Å². The van der Waals surface area contributed by atoms with Gasteiger partial charge in [0.05, 0.1) is 31.3 Å². The molecule has 2 heterocycles. The quantitative estimate of drug-likeness (QED) is 0.460. The fraction of sp³-hybridized carbons (Fsp3) is 0.643. The van der Waals surface area contributed by atoms with Gasteiger partial charge in [0.15, 0.2) is 0 Å². The van der Waals surface area contributed by atoms with Crippen molar-refractivity contribution < 1.29 is 34.0 Å². The molecule has 194 valence electrons. The van der Waals surface area contributed by atoms with Gasteiger partial charge in [0, 0.05) is 12.8 Å². The summed E-state index contributed by atoms with van der Waals surface area (Å²) in [6, 6.07) is 0. The van der Waals surface area contributed by atoms with Crippen molar-refractivity contribution in [2.75, 3.05) is 13.2 Å². The molecule has 0 bridgehead atoms. The van der Waals surface area contributed by atoms with Crippen LogP contribution in [-0.4, -0.2) is 59.8 Å². The Morgan fingerprint density at radius 1 is 1.20 bits per heavy atom. The maximum atomic E-state index is 12.7. The van der Waals surface area contributed by atoms with Crippen molar-refractivity contribution >= 4 is 11.9 Å². The van der Waals surface area contributed by atoms with Crippen LogP contribution in [0.1, 0.15) is 58.8 Å². The molecule has 7 nitrogen and oxygen atoms in total. The van der Waals surface area contributed by atoms with Crippen LogP contribution in [0.25, 0.3) is 0 Å². The fourth-order valence-electron chi connectivity index (χ4n) is 4.57. The van der Waals surface area contributed by atoms with E-state index in [9.17, 15) is 19.8 Å². The molecular weight excluding hydrogens is 448 g/mol. The van der Waals surface area contributed by atoms with Crippen molar-refractivity contribution in [3.8, 4) is 0 Å². The molecule has 2 aliphatic heterocycles. The van der Waals surface area contributed by atoms with E-state index in [0.29, 0.717) is 26.1 Å². The summed E-state index contributed by atoms with van der Waals surface area (Å²) >= 11 is 0. The van der Waals surface area contributed by atoms with Crippen LogP contribution in [0.4, 0.5) is 0 Å². The summed E-state index contributed by atoms with van der Waals surface area (Å²) in [6.45, 7) is 9.05. The first-order valence-corrected chi connectivity index (χ1v) is 12.7. The van der Waals surface area contributed by atoms with E-state index in [0.717, 1.165) is 24.8 Å². The number of ether oxygens (including phenoxy) is 3. The molecule has 7 heteroatoms. The molecule has 0 aromatic heterocycles. The molecule has 0 spiro atoms. The van der Waals surface area contributed by atoms with Gasteiger partial charge < -0.3 is 24.4 Å². The predicted molar refractivity (Wildman–Crippen MR) is 132 cm³/mol. The van der Waals surface area contributed by atoms with E-state index in [1.807, 2.05) is 13.0 Å². The van der Waals surface area contributed by atoms with Gasteiger partial charge in [-0.1, -0.05) is 55.0 Å². The molecule has 1 fully saturated rings. The van der Waals surface area contributed by atoms with Crippen molar-refractivity contribution in [3.63, 3.8) is 0 Å². The molecule has 2 N–H and O–H groups in total. The normalized spacial score (nSPS) is 35.7. The van der Waals surface area contributed by atoms with Gasteiger partial charge in [0.25, 0.3) is 0 Å². The van der Waals surface area contributed by atoms with Crippen LogP contribution < -0.4 is 0 Å². The van der Waals surface area contributed by atoms with E-state index >= 15 is 0 Å². The summed E-state index contributed by atoms with van der Waals surface area (Å²) in [5.74, 6) is -0.863. The molecule has 2 unspecified atom stereocenters. The number of aliphatic hydroxyl groups excluding tert-OH is 2. The first-order valence-electron chi connectivity index (χ1n) is 12.7. The molecule has 0 aromatic rings. The number of hydrogen-bond donors (Lipinski definition) is 2. The SMILES string of the molecule is C=C1C[C@H](C)CCOC(=O)CC2CC2C(=O)O[C@H]([C@@H](O)/C=C/[C@@H]2CC(C)=CCO2)C/C=C/[C@@H](O)C1. The van der Waals surface area contributed by atoms with Gasteiger partial charge in [-0.25, -0.2) is 0 Å². The second-order valence-electron chi connectivity index (χ2n) is 10.3. The Hall–Kier alpha value is -2.22. The lowest BCUT2D eigenvalue weighted by atomic mass is 9.95. The third-order valence-corrected chi connectivity index (χ3v) is 6.83. The summed E-state index contributed by atoms with van der Waals surface area (Å²) in [5, 5.41) is 21.2. The number of carbonyl (C=O) groups is 2. The van der Waals surface area contributed by atoms with E-state index < -0.39 is 24.3 Å². The van der Waals surface area contributed by atoms with Crippen LogP contribution in [-0.2, 0) is 23.8 Å². The van der Waals surface area contributed by atoms with Crippen LogP contribution in [0.5, 0.6) is 0 Å². The average Bonchev–Trinajstić information content (AvgIpc) is 3.55. The monoisotopic (exact) mass is 488 g/mol. The van der Waals surface area contributed by atoms with Gasteiger partial charge in [-0.2, -0.15) is 0 Å². The summed E-state index contributed by atoms with van der Waals surface area (Å²) in [4.78, 5) is 24.9. The van der Waals surface area contributed by atoms with Crippen LogP contribution in [0.2, 0.25) is 0 Å². The molecular formula is C28H40O7. The van der Waals surface area contributed by atoms with Gasteiger partial charge in [-0.15, -0.1) is 0 Å². The number of fused-ring (bicyclic) bond motifs is 1. The number of esters is 2. The van der Waals surface area contributed by atoms with Gasteiger partial charge in [0.1, 0.15) is 12.2 Å². The topological polar surface area (TPSA) is 102 Å². The van der Waals surface area contributed by atoms with Crippen molar-refractivity contribution in [1.29, 1.82) is 0 Å². The predicted octanol–water partition coefficient (Wildman–Crippen LogP) is 3.80. The summed E-state index contributed by atoms with van der Waals surface area (Å²) in [6.07, 6.45) is 9.85. The summed E-state index contributed by atoms with van der Waals surface area (Å²) in [7, 11) is 0. The zero-order chi connectivity index (χ0) is 25.4. The second kappa shape index (κ2) is 13.2. The van der Waals surface area contributed by atoms with E-state index in [2.05, 4.69) is 13.5 Å². The standard InChI is InChI=1S/C28H40O7/c1-18-10-12-34-27(31)17-21-16-24(21)28(32)35-26(6-4-5-22(29)14-20(3)13-18)25(30)8-7-23-15-19(2)9-11-33-23/h4-5,7-9,18,21-26,29-30H,3,6,10-17H2,1-2H3/b5-4+,8-7+/t18-,21?,22-,23-,24?,25+,26+/m1/s1. The molecule has 1 saturated carbocycles. The number of hydrogen-bond acceptors (Lipinski definition) is 7. The number of aliphatic hydroxyl groups is 2. The summed E-state index contributed by atoms with van der Waals surface area (Å²) < 4.78 is 16.7. The molecule has 1 aliphatic carbocycles. The molecule has 3 rings (SSSR count). The maximum Gasteiger partial charge on any atom is 0.309 e. The highest BCUT2D eigenvalue weighted by molar-refractivity contribution is 5.78. The zero-order valence-corrected chi connectivity index (χ0v) is 20.9. The van der Waals surface area contributed by atoms with Gasteiger partial charge in [-0.05, 0) is 50.9 Å². The van der Waals surface area contributed by atoms with E-state index in [1.165, 1.54) is 5.57 Å². The fourth-order valence-corrected chi connectivity index (χ4v) is 4.57. The van der Waals surface area contributed by atoms with E-state index in [4.69, 9.17) is 14.2 Å². The number of carbonyl (C=O) groups excluding carboxylic acids is 2. The van der Waals surface area contributed by atoms with Gasteiger partial charge >= 0.3 is 11.9 Å². The molecule has 35 heavy (non-hydrogen) atoms. The minimum Gasteiger partial charge on any atom is -0.466 e. The highest BCUT2D eigenvalue weighted by Gasteiger charge is 2.46. The third kappa shape index (κ3) is 9.39. The third-order valence-electron chi connectivity index (χ3n) is 6.83. The smallest absolute Gasteiger partial charge is 0.309 e. The first kappa shape index (κ1) is 27.4. The number of cyclic esters (lactones) is 2. The lowest BCUT2D eigenvalue weighted by Gasteiger charge is -2.22. The minimum atomic E-state index is -1.03. The lowest BCUT2D eigenvalue weighted by Crippen LogP contribution is -2.31. The molecule has 0 aromatic carbocycles. The maximum absolute atomic E-state index is 12.7. The Balaban J connectivity index is 1.67. The Morgan fingerprint density at radius 3 is 2.77 bits per heavy atom. The molecule has 7 atom stereocenters. The van der Waals surface area contributed by atoms with Gasteiger partial charge in [-0.3, -0.25) is 9.59 Å². The average molecular weight is 489 g/mol. The van der Waals surface area contributed by atoms with Crippen molar-refractivity contribution in [3.05, 3.63) is 48.1 Å². The summed E-state index contributed by atoms with van der Waals surface area (Å²) in [5.41, 5.74) is 2.15. The largest absolute Gasteiger partial charge is 0.466 e. The van der Waals surface area contributed by atoms with E-state index in [-0.39, 0.29) is 42.7 Å². The van der Waals surface area contributed by atoms with Crippen molar-refractivity contribution in [2.24, 2.45) is 17.8 Å². The highest BCUT2D eigenvalue weighted by atomic mass is 16.6. The zero-order valence-electron chi connectivity index (χ0n) is 20.9. The van der Waals surface area contributed by atoms with Crippen LogP contribution >= 0.6 is 0 Å². The Kier molecular flexibility index (Phi) is 10.3. The molecule has 0 saturated heterocycles. The lowest BCUT2D eigenvalue weighted by molar-refractivity contribution is -0.155. The minimum absolute atomic E-state index is 0.0813. The second-order valence-corrected chi connectivity index (χ2v) is 10.3. The Morgan fingerprint density at radius 2 is 2.00 bits per heavy atom. The van der Waals surface area contributed by atoms with E-state index in [1.54, 1.807) is 24.3 Å². The highest BCUT2D eigenvalue weighted by Crippen LogP contribution is 2.42. The molecule has 3 aliphatic rings. The first-order chi connectivity index (χ1) is 16.7. The van der Waals surface area contributed by atoms with Crippen molar-refractivity contribution in [2.45, 2.75) is 83.2 Å². The number of rotatable bonds is 3. The molecule has 0 radical (unpaired) electrons. The van der Waals surface area contributed by atoms with Crippen LogP contribution in [0.3, 0.4) is 0 Å². The molecule has 0 amide bonds.